The SMILES string of the molecule is COC(C)C(C)NCCOCCS(C)(=O)=O. The first-order valence-corrected chi connectivity index (χ1v) is 7.44. The molecule has 1 N–H and O–H groups in total. The molecule has 16 heavy (non-hydrogen) atoms. The van der Waals surface area contributed by atoms with Crippen molar-refractivity contribution in [2.24, 2.45) is 0 Å². The van der Waals surface area contributed by atoms with Crippen molar-refractivity contribution in [3.05, 3.63) is 0 Å². The summed E-state index contributed by atoms with van der Waals surface area (Å²) < 4.78 is 31.9. The van der Waals surface area contributed by atoms with Gasteiger partial charge in [0.25, 0.3) is 0 Å². The van der Waals surface area contributed by atoms with E-state index in [4.69, 9.17) is 9.47 Å². The molecule has 2 atom stereocenters. The quantitative estimate of drug-likeness (QED) is 0.589. The zero-order valence-electron chi connectivity index (χ0n) is 10.5. The average molecular weight is 253 g/mol. The minimum Gasteiger partial charge on any atom is -0.380 e. The van der Waals surface area contributed by atoms with E-state index in [1.165, 1.54) is 6.26 Å². The van der Waals surface area contributed by atoms with Crippen LogP contribution < -0.4 is 5.32 Å². The summed E-state index contributed by atoms with van der Waals surface area (Å²) in [6, 6.07) is 0.253. The van der Waals surface area contributed by atoms with Gasteiger partial charge in [-0.05, 0) is 13.8 Å². The fourth-order valence-corrected chi connectivity index (χ4v) is 1.46. The Hall–Kier alpha value is -0.170. The number of methoxy groups -OCH3 is 1. The molecule has 0 amide bonds. The predicted molar refractivity (Wildman–Crippen MR) is 64.5 cm³/mol. The van der Waals surface area contributed by atoms with Crippen molar-refractivity contribution in [1.29, 1.82) is 0 Å². The third-order valence-electron chi connectivity index (χ3n) is 2.39. The molecule has 0 saturated heterocycles. The van der Waals surface area contributed by atoms with Crippen LogP contribution in [0.15, 0.2) is 0 Å². The molecule has 0 aliphatic carbocycles. The molecule has 0 spiro atoms. The highest BCUT2D eigenvalue weighted by Crippen LogP contribution is 1.95. The van der Waals surface area contributed by atoms with Crippen LogP contribution in [0.5, 0.6) is 0 Å². The van der Waals surface area contributed by atoms with Crippen LogP contribution in [-0.2, 0) is 19.3 Å². The molecule has 0 aromatic carbocycles. The van der Waals surface area contributed by atoms with Crippen LogP contribution in [0.2, 0.25) is 0 Å². The Kier molecular flexibility index (Phi) is 7.91. The van der Waals surface area contributed by atoms with Crippen molar-refractivity contribution >= 4 is 9.84 Å². The first-order valence-electron chi connectivity index (χ1n) is 5.38. The van der Waals surface area contributed by atoms with E-state index in [-0.39, 0.29) is 24.5 Å². The molecule has 0 saturated carbocycles. The Morgan fingerprint density at radius 2 is 1.88 bits per heavy atom. The smallest absolute Gasteiger partial charge is 0.149 e. The molecule has 0 fully saturated rings. The highest BCUT2D eigenvalue weighted by atomic mass is 32.2. The lowest BCUT2D eigenvalue weighted by atomic mass is 10.2. The number of sulfone groups is 1. The van der Waals surface area contributed by atoms with Crippen LogP contribution in [0.4, 0.5) is 0 Å². The van der Waals surface area contributed by atoms with E-state index >= 15 is 0 Å². The molecule has 5 nitrogen and oxygen atoms in total. The minimum atomic E-state index is -2.91. The molecule has 0 heterocycles. The summed E-state index contributed by atoms with van der Waals surface area (Å²) in [6.45, 7) is 5.48. The van der Waals surface area contributed by atoms with Crippen molar-refractivity contribution in [3.63, 3.8) is 0 Å². The molecule has 0 aliphatic heterocycles. The van der Waals surface area contributed by atoms with Gasteiger partial charge in [-0.1, -0.05) is 0 Å². The van der Waals surface area contributed by atoms with Crippen LogP contribution in [-0.4, -0.2) is 59.4 Å². The predicted octanol–water partition coefficient (Wildman–Crippen LogP) is 0.0606. The summed E-state index contributed by atoms with van der Waals surface area (Å²) in [5.41, 5.74) is 0. The molecule has 6 heteroatoms. The van der Waals surface area contributed by atoms with Crippen LogP contribution in [0, 0.1) is 0 Å². The number of hydrogen-bond acceptors (Lipinski definition) is 5. The normalized spacial score (nSPS) is 16.0. The van der Waals surface area contributed by atoms with Gasteiger partial charge in [-0.2, -0.15) is 0 Å². The maximum absolute atomic E-state index is 10.8. The van der Waals surface area contributed by atoms with Crippen LogP contribution >= 0.6 is 0 Å². The number of hydrogen-bond donors (Lipinski definition) is 1. The van der Waals surface area contributed by atoms with Gasteiger partial charge in [0.2, 0.25) is 0 Å². The van der Waals surface area contributed by atoms with Gasteiger partial charge >= 0.3 is 0 Å². The fraction of sp³-hybridized carbons (Fsp3) is 1.00. The summed E-state index contributed by atoms with van der Waals surface area (Å²) in [5, 5.41) is 3.23. The third-order valence-corrected chi connectivity index (χ3v) is 3.30. The zero-order chi connectivity index (χ0) is 12.6. The lowest BCUT2D eigenvalue weighted by molar-refractivity contribution is 0.0824. The monoisotopic (exact) mass is 253 g/mol. The van der Waals surface area contributed by atoms with Crippen molar-refractivity contribution in [2.75, 3.05) is 38.9 Å². The lowest BCUT2D eigenvalue weighted by Crippen LogP contribution is -2.38. The molecule has 0 aromatic heterocycles. The molecule has 0 radical (unpaired) electrons. The van der Waals surface area contributed by atoms with E-state index < -0.39 is 9.84 Å². The average Bonchev–Trinajstić information content (AvgIpc) is 2.20. The largest absolute Gasteiger partial charge is 0.380 e. The molecule has 98 valence electrons. The topological polar surface area (TPSA) is 64.6 Å². The van der Waals surface area contributed by atoms with Gasteiger partial charge in [0.1, 0.15) is 9.84 Å². The maximum Gasteiger partial charge on any atom is 0.149 e. The zero-order valence-corrected chi connectivity index (χ0v) is 11.3. The molecule has 0 aromatic rings. The van der Waals surface area contributed by atoms with Crippen LogP contribution in [0.25, 0.3) is 0 Å². The van der Waals surface area contributed by atoms with E-state index in [0.29, 0.717) is 13.2 Å². The first kappa shape index (κ1) is 15.8. The lowest BCUT2D eigenvalue weighted by Gasteiger charge is -2.19. The molecular weight excluding hydrogens is 230 g/mol. The van der Waals surface area contributed by atoms with Crippen LogP contribution in [0.3, 0.4) is 0 Å². The highest BCUT2D eigenvalue weighted by Gasteiger charge is 2.09. The standard InChI is InChI=1S/C10H23NO4S/c1-9(10(2)14-3)11-5-6-15-7-8-16(4,12)13/h9-11H,5-8H2,1-4H3. The Morgan fingerprint density at radius 3 is 2.38 bits per heavy atom. The van der Waals surface area contributed by atoms with Crippen molar-refractivity contribution in [2.45, 2.75) is 26.0 Å². The van der Waals surface area contributed by atoms with Gasteiger partial charge in [-0.25, -0.2) is 8.42 Å². The Labute approximate surface area is 98.4 Å². The van der Waals surface area contributed by atoms with E-state index in [0.717, 1.165) is 0 Å². The van der Waals surface area contributed by atoms with E-state index in [1.54, 1.807) is 7.11 Å². The molecular formula is C10H23NO4S. The molecule has 0 aliphatic rings. The molecule has 0 rings (SSSR count). The summed E-state index contributed by atoms with van der Waals surface area (Å²) in [4.78, 5) is 0. The van der Waals surface area contributed by atoms with Crippen molar-refractivity contribution < 1.29 is 17.9 Å². The minimum absolute atomic E-state index is 0.0804. The second kappa shape index (κ2) is 8.00. The second-order valence-electron chi connectivity index (χ2n) is 3.93. The van der Waals surface area contributed by atoms with Gasteiger partial charge < -0.3 is 14.8 Å². The van der Waals surface area contributed by atoms with Gasteiger partial charge in [-0.15, -0.1) is 0 Å². The van der Waals surface area contributed by atoms with Gasteiger partial charge in [-0.3, -0.25) is 0 Å². The second-order valence-corrected chi connectivity index (χ2v) is 6.19. The number of rotatable bonds is 9. The summed E-state index contributed by atoms with van der Waals surface area (Å²) >= 11 is 0. The summed E-state index contributed by atoms with van der Waals surface area (Å²) in [7, 11) is -1.24. The number of ether oxygens (including phenoxy) is 2. The first-order chi connectivity index (χ1) is 7.37. The third kappa shape index (κ3) is 9.08. The summed E-state index contributed by atoms with van der Waals surface area (Å²) in [5.74, 6) is 0.0804. The number of nitrogens with one attached hydrogen (secondary N) is 1. The Balaban J connectivity index is 3.40. The van der Waals surface area contributed by atoms with Gasteiger partial charge in [0, 0.05) is 26.0 Å². The molecule has 0 bridgehead atoms. The summed E-state index contributed by atoms with van der Waals surface area (Å²) in [6.07, 6.45) is 1.35. The Morgan fingerprint density at radius 1 is 1.25 bits per heavy atom. The van der Waals surface area contributed by atoms with Crippen molar-refractivity contribution in [3.8, 4) is 0 Å². The molecule has 2 unspecified atom stereocenters. The van der Waals surface area contributed by atoms with Crippen molar-refractivity contribution in [1.82, 2.24) is 5.32 Å². The van der Waals surface area contributed by atoms with E-state index in [2.05, 4.69) is 5.32 Å². The van der Waals surface area contributed by atoms with Gasteiger partial charge in [0.05, 0.1) is 25.1 Å². The Bertz CT molecular complexity index is 266. The van der Waals surface area contributed by atoms with Gasteiger partial charge in [0.15, 0.2) is 0 Å². The maximum atomic E-state index is 10.8. The fourth-order valence-electron chi connectivity index (χ4n) is 1.04. The van der Waals surface area contributed by atoms with E-state index in [1.807, 2.05) is 13.8 Å². The highest BCUT2D eigenvalue weighted by molar-refractivity contribution is 7.90. The van der Waals surface area contributed by atoms with E-state index in [9.17, 15) is 8.42 Å². The van der Waals surface area contributed by atoms with Crippen LogP contribution in [0.1, 0.15) is 13.8 Å².